The lowest BCUT2D eigenvalue weighted by atomic mass is 10.1. The molecular formula is C22H23F5N4O3. The predicted molar refractivity (Wildman–Crippen MR) is 111 cm³/mol. The number of hydrogen-bond donors (Lipinski definition) is 0. The first-order valence-corrected chi connectivity index (χ1v) is 11.1. The number of ether oxygens (including phenoxy) is 2. The molecule has 0 bridgehead atoms. The van der Waals surface area contributed by atoms with Crippen molar-refractivity contribution in [3.05, 3.63) is 45.9 Å². The largest absolute Gasteiger partial charge is 0.482 e. The van der Waals surface area contributed by atoms with Crippen LogP contribution in [-0.2, 0) is 13.2 Å². The number of fused-ring (bicyclic) bond motifs is 3. The molecule has 0 amide bonds. The van der Waals surface area contributed by atoms with Gasteiger partial charge in [0.05, 0.1) is 6.42 Å². The Morgan fingerprint density at radius 2 is 1.82 bits per heavy atom. The Bertz CT molecular complexity index is 1110. The Morgan fingerprint density at radius 3 is 2.53 bits per heavy atom. The molecule has 3 aliphatic heterocycles. The highest BCUT2D eigenvalue weighted by Gasteiger charge is 2.35. The monoisotopic (exact) mass is 486 g/mol. The van der Waals surface area contributed by atoms with Crippen molar-refractivity contribution in [2.24, 2.45) is 0 Å². The second-order valence-corrected chi connectivity index (χ2v) is 8.88. The molecule has 2 fully saturated rings. The van der Waals surface area contributed by atoms with Crippen LogP contribution < -0.4 is 20.1 Å². The van der Waals surface area contributed by atoms with Crippen LogP contribution in [0.2, 0.25) is 0 Å². The standard InChI is InChI=1S/C22H23F5N4O3/c23-16-6-13(7-17(24)20(16)34-15-10-29(11-15)5-3-22(25,26)27)12-33-18-8-19-30-4-1-2-14(30)9-31(19)21(32)28-18/h6-8,14-15H,1-5,9-12H2/t14-/m0/s1. The molecule has 12 heteroatoms. The molecule has 2 saturated heterocycles. The molecule has 3 aliphatic rings. The maximum absolute atomic E-state index is 14.5. The molecule has 2 aromatic rings. The molecule has 0 saturated carbocycles. The third kappa shape index (κ3) is 4.68. The minimum Gasteiger partial charge on any atom is -0.482 e. The van der Waals surface area contributed by atoms with Gasteiger partial charge >= 0.3 is 11.9 Å². The molecule has 7 nitrogen and oxygen atoms in total. The number of halogens is 5. The van der Waals surface area contributed by atoms with E-state index in [-0.39, 0.29) is 43.7 Å². The van der Waals surface area contributed by atoms with Crippen molar-refractivity contribution in [2.75, 3.05) is 31.1 Å². The highest BCUT2D eigenvalue weighted by molar-refractivity contribution is 5.48. The van der Waals surface area contributed by atoms with Crippen LogP contribution in [-0.4, -0.2) is 59.0 Å². The lowest BCUT2D eigenvalue weighted by molar-refractivity contribution is -0.142. The summed E-state index contributed by atoms with van der Waals surface area (Å²) in [6, 6.07) is 4.08. The maximum Gasteiger partial charge on any atom is 0.390 e. The molecule has 0 radical (unpaired) electrons. The van der Waals surface area contributed by atoms with Crippen molar-refractivity contribution in [1.29, 1.82) is 0 Å². The highest BCUT2D eigenvalue weighted by atomic mass is 19.4. The summed E-state index contributed by atoms with van der Waals surface area (Å²) in [6.45, 7) is 1.40. The van der Waals surface area contributed by atoms with E-state index < -0.39 is 41.8 Å². The lowest BCUT2D eigenvalue weighted by Crippen LogP contribution is -2.54. The second kappa shape index (κ2) is 8.71. The summed E-state index contributed by atoms with van der Waals surface area (Å²) in [6.07, 6.45) is -3.71. The Hall–Kier alpha value is -2.89. The normalized spacial score (nSPS) is 20.3. The van der Waals surface area contributed by atoms with Crippen LogP contribution in [0.15, 0.2) is 23.0 Å². The molecule has 1 aromatic heterocycles. The van der Waals surface area contributed by atoms with Crippen molar-refractivity contribution in [1.82, 2.24) is 14.5 Å². The Kier molecular flexibility index (Phi) is 5.86. The van der Waals surface area contributed by atoms with Gasteiger partial charge in [-0.25, -0.2) is 13.6 Å². The molecule has 4 heterocycles. The first kappa shape index (κ1) is 22.9. The van der Waals surface area contributed by atoms with Crippen molar-refractivity contribution in [3.63, 3.8) is 0 Å². The summed E-state index contributed by atoms with van der Waals surface area (Å²) < 4.78 is 78.3. The Balaban J connectivity index is 1.19. The van der Waals surface area contributed by atoms with E-state index in [2.05, 4.69) is 9.88 Å². The zero-order valence-electron chi connectivity index (χ0n) is 18.2. The Morgan fingerprint density at radius 1 is 1.09 bits per heavy atom. The molecule has 5 rings (SSSR count). The predicted octanol–water partition coefficient (Wildman–Crippen LogP) is 3.10. The van der Waals surface area contributed by atoms with Gasteiger partial charge in [-0.2, -0.15) is 18.2 Å². The number of alkyl halides is 3. The third-order valence-corrected chi connectivity index (χ3v) is 6.40. The van der Waals surface area contributed by atoms with E-state index in [0.29, 0.717) is 6.54 Å². The van der Waals surface area contributed by atoms with E-state index in [9.17, 15) is 26.7 Å². The van der Waals surface area contributed by atoms with E-state index in [4.69, 9.17) is 9.47 Å². The fraction of sp³-hybridized carbons (Fsp3) is 0.545. The van der Waals surface area contributed by atoms with Gasteiger partial charge < -0.3 is 14.4 Å². The Labute approximate surface area is 191 Å². The summed E-state index contributed by atoms with van der Waals surface area (Å²) in [4.78, 5) is 19.9. The lowest BCUT2D eigenvalue weighted by Gasteiger charge is -2.39. The second-order valence-electron chi connectivity index (χ2n) is 8.88. The first-order valence-electron chi connectivity index (χ1n) is 11.1. The highest BCUT2D eigenvalue weighted by Crippen LogP contribution is 2.33. The maximum atomic E-state index is 14.5. The van der Waals surface area contributed by atoms with Crippen LogP contribution in [0.3, 0.4) is 0 Å². The van der Waals surface area contributed by atoms with E-state index >= 15 is 0 Å². The van der Waals surface area contributed by atoms with Gasteiger partial charge in [-0.1, -0.05) is 0 Å². The molecule has 1 atom stereocenters. The van der Waals surface area contributed by atoms with Crippen molar-refractivity contribution < 1.29 is 31.4 Å². The minimum atomic E-state index is -4.25. The van der Waals surface area contributed by atoms with Crippen molar-refractivity contribution in [3.8, 4) is 11.6 Å². The molecular weight excluding hydrogens is 463 g/mol. The van der Waals surface area contributed by atoms with Crippen LogP contribution in [0.1, 0.15) is 24.8 Å². The molecule has 0 aliphatic carbocycles. The molecule has 0 N–H and O–H groups in total. The number of nitrogens with zero attached hydrogens (tertiary/aromatic N) is 4. The van der Waals surface area contributed by atoms with Gasteiger partial charge in [0, 0.05) is 44.8 Å². The van der Waals surface area contributed by atoms with Crippen LogP contribution in [0, 0.1) is 11.6 Å². The molecule has 1 aromatic carbocycles. The number of aromatic nitrogens is 2. The number of anilines is 1. The summed E-state index contributed by atoms with van der Waals surface area (Å²) in [5.74, 6) is -1.62. The van der Waals surface area contributed by atoms with Crippen LogP contribution in [0.4, 0.5) is 27.8 Å². The van der Waals surface area contributed by atoms with Gasteiger partial charge in [0.15, 0.2) is 17.4 Å². The first-order chi connectivity index (χ1) is 16.2. The van der Waals surface area contributed by atoms with Gasteiger partial charge in [0.2, 0.25) is 5.88 Å². The van der Waals surface area contributed by atoms with Gasteiger partial charge in [0.1, 0.15) is 18.5 Å². The van der Waals surface area contributed by atoms with E-state index in [0.717, 1.165) is 37.3 Å². The fourth-order valence-electron chi connectivity index (χ4n) is 4.69. The molecule has 184 valence electrons. The van der Waals surface area contributed by atoms with Crippen LogP contribution >= 0.6 is 0 Å². The summed E-state index contributed by atoms with van der Waals surface area (Å²) in [5.41, 5.74) is -0.239. The van der Waals surface area contributed by atoms with E-state index in [1.165, 1.54) is 4.90 Å². The average molecular weight is 486 g/mol. The summed E-state index contributed by atoms with van der Waals surface area (Å²) in [5, 5.41) is 0. The third-order valence-electron chi connectivity index (χ3n) is 6.40. The van der Waals surface area contributed by atoms with Gasteiger partial charge in [-0.05, 0) is 30.5 Å². The fourth-order valence-corrected chi connectivity index (χ4v) is 4.69. The zero-order chi connectivity index (χ0) is 24.0. The van der Waals surface area contributed by atoms with E-state index in [1.807, 2.05) is 0 Å². The quantitative estimate of drug-likeness (QED) is 0.561. The number of likely N-dealkylation sites (tertiary alicyclic amines) is 1. The summed E-state index contributed by atoms with van der Waals surface area (Å²) in [7, 11) is 0. The molecule has 0 spiro atoms. The number of rotatable bonds is 7. The van der Waals surface area contributed by atoms with Crippen molar-refractivity contribution >= 4 is 5.82 Å². The van der Waals surface area contributed by atoms with E-state index in [1.54, 1.807) is 10.6 Å². The number of benzene rings is 1. The average Bonchev–Trinajstić information content (AvgIpc) is 3.31. The topological polar surface area (TPSA) is 59.8 Å². The van der Waals surface area contributed by atoms with Crippen LogP contribution in [0.5, 0.6) is 11.6 Å². The smallest absolute Gasteiger partial charge is 0.390 e. The molecule has 34 heavy (non-hydrogen) atoms. The van der Waals surface area contributed by atoms with Crippen LogP contribution in [0.25, 0.3) is 0 Å². The van der Waals surface area contributed by atoms with Crippen molar-refractivity contribution in [2.45, 2.75) is 50.7 Å². The zero-order valence-corrected chi connectivity index (χ0v) is 18.2. The molecule has 0 unspecified atom stereocenters. The number of hydrogen-bond acceptors (Lipinski definition) is 6. The van der Waals surface area contributed by atoms with Gasteiger partial charge in [-0.15, -0.1) is 0 Å². The van der Waals surface area contributed by atoms with Gasteiger partial charge in [0.25, 0.3) is 0 Å². The minimum absolute atomic E-state index is 0.0818. The SMILES string of the molecule is O=c1nc(OCc2cc(F)c(OC3CN(CCC(F)(F)F)C3)c(F)c2)cc2n1C[C@@H]1CCCN21. The summed E-state index contributed by atoms with van der Waals surface area (Å²) >= 11 is 0. The van der Waals surface area contributed by atoms with Gasteiger partial charge in [-0.3, -0.25) is 9.47 Å².